The molecule has 0 atom stereocenters. The van der Waals surface area contributed by atoms with Gasteiger partial charge in [0.15, 0.2) is 0 Å². The Morgan fingerprint density at radius 2 is 2.30 bits per heavy atom. The third-order valence-electron chi connectivity index (χ3n) is 2.50. The molecule has 0 aliphatic carbocycles. The number of pyridine rings is 1. The molecule has 2 aromatic heterocycles. The molecule has 0 aliphatic rings. The molecule has 0 radical (unpaired) electrons. The highest BCUT2D eigenvalue weighted by Gasteiger charge is 2.10. The topological polar surface area (TPSA) is 73.9 Å². The average Bonchev–Trinajstić information content (AvgIpc) is 2.96. The number of aliphatic hydroxyl groups is 1. The second-order valence-corrected chi connectivity index (χ2v) is 4.33. The van der Waals surface area contributed by atoms with Gasteiger partial charge in [-0.1, -0.05) is 6.07 Å². The van der Waals surface area contributed by atoms with Gasteiger partial charge in [0, 0.05) is 6.20 Å². The predicted molar refractivity (Wildman–Crippen MR) is 79.1 cm³/mol. The maximum Gasteiger partial charge on any atom is 0.277 e. The van der Waals surface area contributed by atoms with Crippen LogP contribution >= 0.6 is 12.2 Å². The van der Waals surface area contributed by atoms with Crippen LogP contribution in [0.2, 0.25) is 0 Å². The zero-order valence-corrected chi connectivity index (χ0v) is 11.7. The van der Waals surface area contributed by atoms with Crippen LogP contribution in [0.4, 0.5) is 0 Å². The summed E-state index contributed by atoms with van der Waals surface area (Å²) in [5.74, 6) is 0.652. The summed E-state index contributed by atoms with van der Waals surface area (Å²) in [6.45, 7) is 2.07. The van der Waals surface area contributed by atoms with Gasteiger partial charge in [-0.3, -0.25) is 4.98 Å². The van der Waals surface area contributed by atoms with Crippen molar-refractivity contribution in [1.82, 2.24) is 15.5 Å². The minimum atomic E-state index is -0.320. The number of aromatic nitrogens is 1. The van der Waals surface area contributed by atoms with E-state index in [9.17, 15) is 5.11 Å². The third-order valence-corrected chi connectivity index (χ3v) is 2.72. The number of hydrogen-bond acceptors (Lipinski definition) is 5. The van der Waals surface area contributed by atoms with Crippen molar-refractivity contribution in [2.75, 3.05) is 0 Å². The van der Waals surface area contributed by atoms with Crippen molar-refractivity contribution in [1.29, 1.82) is 0 Å². The van der Waals surface area contributed by atoms with Crippen molar-refractivity contribution in [3.05, 3.63) is 54.2 Å². The van der Waals surface area contributed by atoms with E-state index in [0.29, 0.717) is 11.5 Å². The van der Waals surface area contributed by atoms with Gasteiger partial charge in [-0.15, -0.1) is 0 Å². The van der Waals surface area contributed by atoms with Crippen LogP contribution in [-0.2, 0) is 6.54 Å². The predicted octanol–water partition coefficient (Wildman–Crippen LogP) is 2.25. The first kappa shape index (κ1) is 14.0. The molecule has 0 spiro atoms. The quantitative estimate of drug-likeness (QED) is 0.500. The molecule has 0 amide bonds. The molecule has 0 fully saturated rings. The summed E-state index contributed by atoms with van der Waals surface area (Å²) in [6, 6.07) is 9.09. The number of hydrazone groups is 1. The van der Waals surface area contributed by atoms with E-state index in [4.69, 9.17) is 16.6 Å². The molecule has 2 aromatic rings. The van der Waals surface area contributed by atoms with E-state index >= 15 is 0 Å². The van der Waals surface area contributed by atoms with Crippen molar-refractivity contribution in [2.24, 2.45) is 5.10 Å². The summed E-state index contributed by atoms with van der Waals surface area (Å²) in [7, 11) is 0. The average molecular weight is 290 g/mol. The Morgan fingerprint density at radius 1 is 1.45 bits per heavy atom. The molecule has 6 nitrogen and oxygen atoms in total. The fraction of sp³-hybridized carbons (Fsp3) is 0.154. The molecule has 0 bridgehead atoms. The van der Waals surface area contributed by atoms with Gasteiger partial charge in [0.2, 0.25) is 0 Å². The molecular formula is C13H14N4O2S. The maximum absolute atomic E-state index is 9.46. The van der Waals surface area contributed by atoms with Gasteiger partial charge in [0.1, 0.15) is 12.3 Å². The van der Waals surface area contributed by atoms with Crippen LogP contribution in [0.15, 0.2) is 52.3 Å². The van der Waals surface area contributed by atoms with Crippen LogP contribution in [-0.4, -0.2) is 26.0 Å². The lowest BCUT2D eigenvalue weighted by Crippen LogP contribution is -2.38. The van der Waals surface area contributed by atoms with Crippen molar-refractivity contribution >= 4 is 23.1 Å². The molecule has 2 heterocycles. The van der Waals surface area contributed by atoms with Gasteiger partial charge in [-0.2, -0.15) is 5.10 Å². The number of nitrogens with one attached hydrogen (secondary N) is 1. The molecule has 0 unspecified atom stereocenters. The Hall–Kier alpha value is -2.41. The molecule has 2 N–H and O–H groups in total. The fourth-order valence-corrected chi connectivity index (χ4v) is 1.58. The molecule has 0 aromatic carbocycles. The Morgan fingerprint density at radius 3 is 2.90 bits per heavy atom. The summed E-state index contributed by atoms with van der Waals surface area (Å²) >= 11 is 4.75. The first-order valence-electron chi connectivity index (χ1n) is 5.91. The van der Waals surface area contributed by atoms with E-state index in [1.165, 1.54) is 5.01 Å². The van der Waals surface area contributed by atoms with E-state index in [1.807, 2.05) is 18.2 Å². The normalized spacial score (nSPS) is 11.2. The van der Waals surface area contributed by atoms with Gasteiger partial charge in [-0.25, -0.2) is 10.5 Å². The highest BCUT2D eigenvalue weighted by atomic mass is 32.1. The van der Waals surface area contributed by atoms with Crippen LogP contribution in [0.5, 0.6) is 0 Å². The number of aliphatic hydroxyl groups excluding tert-OH is 1. The summed E-state index contributed by atoms with van der Waals surface area (Å²) < 4.78 is 5.19. The van der Waals surface area contributed by atoms with Gasteiger partial charge in [0.05, 0.1) is 17.7 Å². The SMILES string of the molecule is C/C(=N\NN(Cc1ccco1)C(O)=S)c1ccccn1. The van der Waals surface area contributed by atoms with Gasteiger partial charge >= 0.3 is 0 Å². The second-order valence-electron chi connectivity index (χ2n) is 3.96. The molecule has 7 heteroatoms. The number of nitrogens with zero attached hydrogens (tertiary/aromatic N) is 3. The highest BCUT2D eigenvalue weighted by Crippen LogP contribution is 2.04. The monoisotopic (exact) mass is 290 g/mol. The van der Waals surface area contributed by atoms with Crippen molar-refractivity contribution < 1.29 is 9.52 Å². The maximum atomic E-state index is 9.46. The van der Waals surface area contributed by atoms with Crippen LogP contribution < -0.4 is 5.53 Å². The van der Waals surface area contributed by atoms with Crippen molar-refractivity contribution in [3.8, 4) is 0 Å². The highest BCUT2D eigenvalue weighted by molar-refractivity contribution is 7.79. The van der Waals surface area contributed by atoms with Gasteiger partial charge in [0.25, 0.3) is 5.17 Å². The number of rotatable bonds is 5. The number of thiocarbonyl (C=S) groups is 1. The molecule has 0 saturated carbocycles. The Labute approximate surface area is 121 Å². The Kier molecular flexibility index (Phi) is 4.67. The minimum absolute atomic E-state index is 0.265. The van der Waals surface area contributed by atoms with Gasteiger partial charge in [-0.05, 0) is 43.4 Å². The number of furan rings is 1. The largest absolute Gasteiger partial charge is 0.485 e. The standard InChI is InChI=1S/C13H14N4O2S/c1-10(12-6-2-3-7-14-12)15-16-17(13(18)20)9-11-5-4-8-19-11/h2-8,16H,9H2,1H3,(H,18,20)/b15-10+. The number of hydrogen-bond donors (Lipinski definition) is 2. The van der Waals surface area contributed by atoms with E-state index in [2.05, 4.69) is 15.6 Å². The smallest absolute Gasteiger partial charge is 0.277 e. The molecule has 0 saturated heterocycles. The summed E-state index contributed by atoms with van der Waals surface area (Å²) in [6.07, 6.45) is 3.24. The van der Waals surface area contributed by atoms with E-state index in [1.54, 1.807) is 31.5 Å². The third kappa shape index (κ3) is 3.79. The Bertz CT molecular complexity index is 584. The molecule has 20 heavy (non-hydrogen) atoms. The number of hydrazine groups is 1. The van der Waals surface area contributed by atoms with Crippen LogP contribution in [0.3, 0.4) is 0 Å². The molecule has 104 valence electrons. The zero-order valence-electron chi connectivity index (χ0n) is 10.9. The van der Waals surface area contributed by atoms with Crippen molar-refractivity contribution in [3.63, 3.8) is 0 Å². The van der Waals surface area contributed by atoms with Crippen LogP contribution in [0.1, 0.15) is 18.4 Å². The first-order valence-corrected chi connectivity index (χ1v) is 6.32. The van der Waals surface area contributed by atoms with Crippen LogP contribution in [0.25, 0.3) is 0 Å². The summed E-state index contributed by atoms with van der Waals surface area (Å²) in [4.78, 5) is 4.17. The van der Waals surface area contributed by atoms with Crippen molar-refractivity contribution in [2.45, 2.75) is 13.5 Å². The lowest BCUT2D eigenvalue weighted by Gasteiger charge is -2.19. The minimum Gasteiger partial charge on any atom is -0.485 e. The summed E-state index contributed by atoms with van der Waals surface area (Å²) in [5, 5.41) is 14.6. The van der Waals surface area contributed by atoms with Gasteiger partial charge < -0.3 is 9.52 Å². The van der Waals surface area contributed by atoms with E-state index in [0.717, 1.165) is 5.69 Å². The first-order chi connectivity index (χ1) is 9.66. The zero-order chi connectivity index (χ0) is 14.4. The van der Waals surface area contributed by atoms with E-state index in [-0.39, 0.29) is 11.7 Å². The lowest BCUT2D eigenvalue weighted by molar-refractivity contribution is 0.241. The van der Waals surface area contributed by atoms with Crippen LogP contribution in [0, 0.1) is 0 Å². The summed E-state index contributed by atoms with van der Waals surface area (Å²) in [5.41, 5.74) is 4.10. The molecule has 2 rings (SSSR count). The molecule has 0 aliphatic heterocycles. The second kappa shape index (κ2) is 6.67. The fourth-order valence-electron chi connectivity index (χ4n) is 1.47. The van der Waals surface area contributed by atoms with E-state index < -0.39 is 0 Å². The lowest BCUT2D eigenvalue weighted by atomic mass is 10.3. The molecular weight excluding hydrogens is 276 g/mol. The Balaban J connectivity index is 2.03.